The normalized spacial score (nSPS) is 13.6. The first-order valence-electron chi connectivity index (χ1n) is 5.69. The van der Waals surface area contributed by atoms with Gasteiger partial charge in [-0.2, -0.15) is 0 Å². The number of hydrogen-bond acceptors (Lipinski definition) is 3. The van der Waals surface area contributed by atoms with Gasteiger partial charge in [0.1, 0.15) is 9.84 Å². The van der Waals surface area contributed by atoms with E-state index in [0.717, 1.165) is 16.6 Å². The van der Waals surface area contributed by atoms with E-state index in [1.54, 1.807) is 0 Å². The van der Waals surface area contributed by atoms with Crippen molar-refractivity contribution in [1.82, 2.24) is 5.32 Å². The van der Waals surface area contributed by atoms with Crippen LogP contribution in [-0.2, 0) is 9.84 Å². The second-order valence-electron chi connectivity index (χ2n) is 4.19. The summed E-state index contributed by atoms with van der Waals surface area (Å²) in [4.78, 5) is 0. The second kappa shape index (κ2) is 6.89. The molecule has 1 rings (SSSR count). The largest absolute Gasteiger partial charge is 0.310 e. The first kappa shape index (κ1) is 16.0. The number of halogens is 2. The van der Waals surface area contributed by atoms with Gasteiger partial charge in [-0.05, 0) is 30.7 Å². The maximum atomic E-state index is 11.2. The molecule has 0 saturated heterocycles. The SMILES string of the molecule is CCNC(CCS(C)(=O)=O)c1ccc(Br)cc1Cl. The standard InChI is InChI=1S/C12H17BrClNO2S/c1-3-15-12(6-7-18(2,16)17)10-5-4-9(13)8-11(10)14/h4-5,8,12,15H,3,6-7H2,1-2H3. The highest BCUT2D eigenvalue weighted by atomic mass is 79.9. The number of sulfone groups is 1. The van der Waals surface area contributed by atoms with Gasteiger partial charge in [-0.15, -0.1) is 0 Å². The average molecular weight is 355 g/mol. The fourth-order valence-electron chi connectivity index (χ4n) is 1.73. The van der Waals surface area contributed by atoms with Crippen LogP contribution in [0.5, 0.6) is 0 Å². The van der Waals surface area contributed by atoms with Crippen LogP contribution in [0.4, 0.5) is 0 Å². The van der Waals surface area contributed by atoms with E-state index in [1.165, 1.54) is 6.26 Å². The zero-order valence-electron chi connectivity index (χ0n) is 10.4. The maximum absolute atomic E-state index is 11.2. The third-order valence-electron chi connectivity index (χ3n) is 2.57. The topological polar surface area (TPSA) is 46.2 Å². The highest BCUT2D eigenvalue weighted by Gasteiger charge is 2.16. The van der Waals surface area contributed by atoms with Gasteiger partial charge in [-0.1, -0.05) is 40.5 Å². The summed E-state index contributed by atoms with van der Waals surface area (Å²) >= 11 is 9.54. The Hall–Kier alpha value is -0.100. The molecule has 0 saturated carbocycles. The molecule has 1 aromatic carbocycles. The molecule has 1 aromatic rings. The van der Waals surface area contributed by atoms with E-state index in [2.05, 4.69) is 21.2 Å². The summed E-state index contributed by atoms with van der Waals surface area (Å²) in [5.74, 6) is 0.150. The molecule has 0 fully saturated rings. The molecule has 0 heterocycles. The Morgan fingerprint density at radius 2 is 2.11 bits per heavy atom. The van der Waals surface area contributed by atoms with Gasteiger partial charge in [0.25, 0.3) is 0 Å². The molecule has 1 unspecified atom stereocenters. The fraction of sp³-hybridized carbons (Fsp3) is 0.500. The van der Waals surface area contributed by atoms with Crippen molar-refractivity contribution >= 4 is 37.4 Å². The van der Waals surface area contributed by atoms with Crippen LogP contribution < -0.4 is 5.32 Å². The quantitative estimate of drug-likeness (QED) is 0.853. The third kappa shape index (κ3) is 5.26. The third-order valence-corrected chi connectivity index (χ3v) is 4.36. The molecule has 0 bridgehead atoms. The van der Waals surface area contributed by atoms with E-state index in [-0.39, 0.29) is 11.8 Å². The van der Waals surface area contributed by atoms with Crippen molar-refractivity contribution in [2.75, 3.05) is 18.6 Å². The van der Waals surface area contributed by atoms with Gasteiger partial charge >= 0.3 is 0 Å². The molecule has 1 N–H and O–H groups in total. The number of nitrogens with one attached hydrogen (secondary N) is 1. The van der Waals surface area contributed by atoms with Crippen molar-refractivity contribution in [2.45, 2.75) is 19.4 Å². The summed E-state index contributed by atoms with van der Waals surface area (Å²) in [5, 5.41) is 3.91. The molecular weight excluding hydrogens is 338 g/mol. The summed E-state index contributed by atoms with van der Waals surface area (Å²) in [6, 6.07) is 5.61. The summed E-state index contributed by atoms with van der Waals surface area (Å²) in [7, 11) is -2.96. The average Bonchev–Trinajstić information content (AvgIpc) is 2.24. The molecule has 0 spiro atoms. The molecule has 102 valence electrons. The minimum atomic E-state index is -2.96. The van der Waals surface area contributed by atoms with E-state index in [4.69, 9.17) is 11.6 Å². The molecule has 0 aliphatic heterocycles. The van der Waals surface area contributed by atoms with Crippen molar-refractivity contribution in [2.24, 2.45) is 0 Å². The summed E-state index contributed by atoms with van der Waals surface area (Å²) < 4.78 is 23.4. The van der Waals surface area contributed by atoms with Gasteiger partial charge < -0.3 is 5.32 Å². The molecule has 0 aliphatic rings. The van der Waals surface area contributed by atoms with E-state index in [9.17, 15) is 8.42 Å². The van der Waals surface area contributed by atoms with Crippen LogP contribution in [0.15, 0.2) is 22.7 Å². The van der Waals surface area contributed by atoms with Crippen molar-refractivity contribution in [3.8, 4) is 0 Å². The molecular formula is C12H17BrClNO2S. The summed E-state index contributed by atoms with van der Waals surface area (Å²) in [5.41, 5.74) is 0.936. The zero-order valence-corrected chi connectivity index (χ0v) is 13.6. The zero-order chi connectivity index (χ0) is 13.8. The van der Waals surface area contributed by atoms with Crippen molar-refractivity contribution in [3.63, 3.8) is 0 Å². The van der Waals surface area contributed by atoms with Crippen molar-refractivity contribution in [1.29, 1.82) is 0 Å². The molecule has 0 amide bonds. The minimum Gasteiger partial charge on any atom is -0.310 e. The second-order valence-corrected chi connectivity index (χ2v) is 7.78. The highest BCUT2D eigenvalue weighted by molar-refractivity contribution is 9.10. The lowest BCUT2D eigenvalue weighted by Crippen LogP contribution is -2.23. The Balaban J connectivity index is 2.90. The van der Waals surface area contributed by atoms with Crippen LogP contribution >= 0.6 is 27.5 Å². The lowest BCUT2D eigenvalue weighted by Gasteiger charge is -2.19. The van der Waals surface area contributed by atoms with Crippen LogP contribution in [0.1, 0.15) is 24.9 Å². The Kier molecular flexibility index (Phi) is 6.11. The monoisotopic (exact) mass is 353 g/mol. The van der Waals surface area contributed by atoms with Gasteiger partial charge in [-0.25, -0.2) is 8.42 Å². The molecule has 1 atom stereocenters. The van der Waals surface area contributed by atoms with E-state index in [1.807, 2.05) is 25.1 Å². The van der Waals surface area contributed by atoms with Crippen LogP contribution in [-0.4, -0.2) is 27.0 Å². The maximum Gasteiger partial charge on any atom is 0.147 e. The first-order chi connectivity index (χ1) is 8.33. The Labute approximate surface area is 122 Å². The van der Waals surface area contributed by atoms with Gasteiger partial charge in [0.15, 0.2) is 0 Å². The molecule has 6 heteroatoms. The number of benzene rings is 1. The predicted octanol–water partition coefficient (Wildman–Crippen LogP) is 3.19. The Morgan fingerprint density at radius 3 is 2.61 bits per heavy atom. The molecule has 0 radical (unpaired) electrons. The minimum absolute atomic E-state index is 0.0367. The molecule has 0 aromatic heterocycles. The first-order valence-corrected chi connectivity index (χ1v) is 8.92. The summed E-state index contributed by atoms with van der Waals surface area (Å²) in [6.07, 6.45) is 1.77. The Morgan fingerprint density at radius 1 is 1.44 bits per heavy atom. The molecule has 3 nitrogen and oxygen atoms in total. The fourth-order valence-corrected chi connectivity index (χ4v) is 3.20. The highest BCUT2D eigenvalue weighted by Crippen LogP contribution is 2.28. The molecule has 0 aliphatic carbocycles. The van der Waals surface area contributed by atoms with E-state index < -0.39 is 9.84 Å². The van der Waals surface area contributed by atoms with Crippen LogP contribution in [0, 0.1) is 0 Å². The number of hydrogen-bond donors (Lipinski definition) is 1. The van der Waals surface area contributed by atoms with Crippen LogP contribution in [0.3, 0.4) is 0 Å². The van der Waals surface area contributed by atoms with Gasteiger partial charge in [-0.3, -0.25) is 0 Å². The van der Waals surface area contributed by atoms with Crippen LogP contribution in [0.2, 0.25) is 5.02 Å². The van der Waals surface area contributed by atoms with Gasteiger partial charge in [0.2, 0.25) is 0 Å². The lowest BCUT2D eigenvalue weighted by molar-refractivity contribution is 0.530. The number of rotatable bonds is 6. The van der Waals surface area contributed by atoms with Gasteiger partial charge in [0.05, 0.1) is 5.75 Å². The van der Waals surface area contributed by atoms with E-state index in [0.29, 0.717) is 11.4 Å². The lowest BCUT2D eigenvalue weighted by atomic mass is 10.0. The van der Waals surface area contributed by atoms with Crippen molar-refractivity contribution in [3.05, 3.63) is 33.3 Å². The van der Waals surface area contributed by atoms with Gasteiger partial charge in [0, 0.05) is 21.8 Å². The summed E-state index contributed by atoms with van der Waals surface area (Å²) in [6.45, 7) is 2.75. The van der Waals surface area contributed by atoms with E-state index >= 15 is 0 Å². The smallest absolute Gasteiger partial charge is 0.147 e. The Bertz CT molecular complexity index is 505. The van der Waals surface area contributed by atoms with Crippen molar-refractivity contribution < 1.29 is 8.42 Å². The predicted molar refractivity (Wildman–Crippen MR) is 79.9 cm³/mol. The molecule has 18 heavy (non-hydrogen) atoms. The van der Waals surface area contributed by atoms with Crippen LogP contribution in [0.25, 0.3) is 0 Å².